The number of hydrogen-bond donors (Lipinski definition) is 0. The number of morpholine rings is 1. The Kier molecular flexibility index (Phi) is 5.20. The first-order chi connectivity index (χ1) is 11.6. The van der Waals surface area contributed by atoms with E-state index in [-0.39, 0.29) is 10.6 Å². The minimum Gasteiger partial charge on any atom is -0.494 e. The summed E-state index contributed by atoms with van der Waals surface area (Å²) in [7, 11) is 1.57. The lowest BCUT2D eigenvalue weighted by Gasteiger charge is -2.41. The van der Waals surface area contributed by atoms with Gasteiger partial charge in [-0.3, -0.25) is 15.0 Å². The number of nitro groups is 1. The molecule has 3 rings (SSSR count). The fourth-order valence-corrected chi connectivity index (χ4v) is 3.68. The van der Waals surface area contributed by atoms with Gasteiger partial charge >= 0.3 is 0 Å². The molecule has 0 aromatic heterocycles. The maximum absolute atomic E-state index is 11.1. The molecule has 1 aromatic rings. The normalized spacial score (nSPS) is 20.2. The van der Waals surface area contributed by atoms with E-state index in [1.54, 1.807) is 20.1 Å². The molecule has 24 heavy (non-hydrogen) atoms. The molecule has 0 aliphatic carbocycles. The lowest BCUT2D eigenvalue weighted by Crippen LogP contribution is -2.49. The number of aryl methyl sites for hydroxylation is 1. The van der Waals surface area contributed by atoms with Crippen molar-refractivity contribution >= 4 is 11.4 Å². The summed E-state index contributed by atoms with van der Waals surface area (Å²) in [5, 5.41) is 11.1. The van der Waals surface area contributed by atoms with Gasteiger partial charge in [0.1, 0.15) is 5.75 Å². The predicted octanol–water partition coefficient (Wildman–Crippen LogP) is 2.21. The van der Waals surface area contributed by atoms with Gasteiger partial charge in [0.25, 0.3) is 5.69 Å². The first-order valence-corrected chi connectivity index (χ1v) is 8.50. The molecule has 0 atom stereocenters. The van der Waals surface area contributed by atoms with E-state index in [2.05, 4.69) is 9.80 Å². The third kappa shape index (κ3) is 3.47. The largest absolute Gasteiger partial charge is 0.494 e. The van der Waals surface area contributed by atoms with Crippen LogP contribution in [0.2, 0.25) is 0 Å². The SMILES string of the molecule is COc1cc([N+](=O)[O-])c(C)cc1N1CCC(N2CCOCC2)CC1. The van der Waals surface area contributed by atoms with Crippen molar-refractivity contribution in [2.24, 2.45) is 0 Å². The van der Waals surface area contributed by atoms with Crippen molar-refractivity contribution < 1.29 is 14.4 Å². The number of hydrogen-bond acceptors (Lipinski definition) is 6. The van der Waals surface area contributed by atoms with Crippen LogP contribution in [-0.2, 0) is 4.74 Å². The van der Waals surface area contributed by atoms with Crippen LogP contribution in [0.3, 0.4) is 0 Å². The Labute approximate surface area is 142 Å². The van der Waals surface area contributed by atoms with Gasteiger partial charge < -0.3 is 14.4 Å². The van der Waals surface area contributed by atoms with E-state index >= 15 is 0 Å². The number of nitrogens with zero attached hydrogens (tertiary/aromatic N) is 3. The van der Waals surface area contributed by atoms with Gasteiger partial charge in [0.2, 0.25) is 0 Å². The van der Waals surface area contributed by atoms with Crippen LogP contribution in [0.15, 0.2) is 12.1 Å². The van der Waals surface area contributed by atoms with Crippen molar-refractivity contribution in [1.29, 1.82) is 0 Å². The zero-order valence-corrected chi connectivity index (χ0v) is 14.4. The third-order valence-electron chi connectivity index (χ3n) is 5.06. The highest BCUT2D eigenvalue weighted by Crippen LogP contribution is 2.36. The van der Waals surface area contributed by atoms with Crippen LogP contribution in [0.1, 0.15) is 18.4 Å². The Morgan fingerprint density at radius 1 is 1.21 bits per heavy atom. The van der Waals surface area contributed by atoms with Crippen molar-refractivity contribution in [2.45, 2.75) is 25.8 Å². The van der Waals surface area contributed by atoms with E-state index in [0.29, 0.717) is 17.4 Å². The summed E-state index contributed by atoms with van der Waals surface area (Å²) in [5.74, 6) is 0.581. The van der Waals surface area contributed by atoms with Crippen molar-refractivity contribution in [3.05, 3.63) is 27.8 Å². The Morgan fingerprint density at radius 3 is 2.46 bits per heavy atom. The van der Waals surface area contributed by atoms with Gasteiger partial charge in [-0.25, -0.2) is 0 Å². The highest BCUT2D eigenvalue weighted by molar-refractivity contribution is 5.65. The first kappa shape index (κ1) is 17.0. The number of rotatable bonds is 4. The highest BCUT2D eigenvalue weighted by Gasteiger charge is 2.28. The van der Waals surface area contributed by atoms with Crippen LogP contribution in [-0.4, -0.2) is 62.4 Å². The van der Waals surface area contributed by atoms with Crippen LogP contribution in [0.4, 0.5) is 11.4 Å². The molecule has 0 unspecified atom stereocenters. The minimum absolute atomic E-state index is 0.110. The van der Waals surface area contributed by atoms with E-state index in [9.17, 15) is 10.1 Å². The zero-order chi connectivity index (χ0) is 17.1. The Hall–Kier alpha value is -1.86. The molecule has 0 N–H and O–H groups in total. The molecule has 0 amide bonds. The summed E-state index contributed by atoms with van der Waals surface area (Å²) in [4.78, 5) is 15.6. The molecular formula is C17H25N3O4. The first-order valence-electron chi connectivity index (χ1n) is 8.50. The molecule has 2 heterocycles. The van der Waals surface area contributed by atoms with E-state index in [0.717, 1.165) is 57.9 Å². The summed E-state index contributed by atoms with van der Waals surface area (Å²) in [6, 6.07) is 4.03. The van der Waals surface area contributed by atoms with Crippen molar-refractivity contribution in [2.75, 3.05) is 51.4 Å². The van der Waals surface area contributed by atoms with Gasteiger partial charge in [-0.15, -0.1) is 0 Å². The molecule has 7 heteroatoms. The molecule has 0 bridgehead atoms. The molecule has 1 aromatic carbocycles. The van der Waals surface area contributed by atoms with Crippen LogP contribution in [0.5, 0.6) is 5.75 Å². The second-order valence-electron chi connectivity index (χ2n) is 6.43. The molecule has 2 fully saturated rings. The van der Waals surface area contributed by atoms with Gasteiger partial charge in [-0.2, -0.15) is 0 Å². The number of piperidine rings is 1. The van der Waals surface area contributed by atoms with Crippen molar-refractivity contribution in [3.8, 4) is 5.75 Å². The van der Waals surface area contributed by atoms with Crippen LogP contribution >= 0.6 is 0 Å². The van der Waals surface area contributed by atoms with E-state index < -0.39 is 0 Å². The Morgan fingerprint density at radius 2 is 1.88 bits per heavy atom. The molecule has 2 aliphatic heterocycles. The quantitative estimate of drug-likeness (QED) is 0.621. The molecule has 0 spiro atoms. The monoisotopic (exact) mass is 335 g/mol. The number of anilines is 1. The molecule has 0 radical (unpaired) electrons. The maximum Gasteiger partial charge on any atom is 0.276 e. The number of nitro benzene ring substituents is 1. The summed E-state index contributed by atoms with van der Waals surface area (Å²) in [5.41, 5.74) is 1.74. The summed E-state index contributed by atoms with van der Waals surface area (Å²) >= 11 is 0. The van der Waals surface area contributed by atoms with Crippen LogP contribution < -0.4 is 9.64 Å². The molecule has 2 aliphatic rings. The predicted molar refractivity (Wildman–Crippen MR) is 92.0 cm³/mol. The Bertz CT molecular complexity index is 594. The number of benzene rings is 1. The van der Waals surface area contributed by atoms with Crippen molar-refractivity contribution in [1.82, 2.24) is 4.90 Å². The lowest BCUT2D eigenvalue weighted by atomic mass is 10.0. The number of ether oxygens (including phenoxy) is 2. The smallest absolute Gasteiger partial charge is 0.276 e. The standard InChI is InChI=1S/C17H25N3O4/c1-13-11-16(17(23-2)12-15(13)20(21)22)19-5-3-14(4-6-19)18-7-9-24-10-8-18/h11-12,14H,3-10H2,1-2H3. The highest BCUT2D eigenvalue weighted by atomic mass is 16.6. The van der Waals surface area contributed by atoms with E-state index in [1.807, 2.05) is 6.07 Å². The zero-order valence-electron chi connectivity index (χ0n) is 14.4. The summed E-state index contributed by atoms with van der Waals surface area (Å²) in [6.07, 6.45) is 2.19. The second kappa shape index (κ2) is 7.36. The molecule has 132 valence electrons. The third-order valence-corrected chi connectivity index (χ3v) is 5.06. The molecule has 2 saturated heterocycles. The van der Waals surface area contributed by atoms with Gasteiger partial charge in [0, 0.05) is 37.8 Å². The number of methoxy groups -OCH3 is 1. The van der Waals surface area contributed by atoms with Crippen molar-refractivity contribution in [3.63, 3.8) is 0 Å². The second-order valence-corrected chi connectivity index (χ2v) is 6.43. The summed E-state index contributed by atoms with van der Waals surface area (Å²) in [6.45, 7) is 7.35. The molecular weight excluding hydrogens is 310 g/mol. The Balaban J connectivity index is 1.71. The fourth-order valence-electron chi connectivity index (χ4n) is 3.68. The average molecular weight is 335 g/mol. The minimum atomic E-state index is -0.355. The van der Waals surface area contributed by atoms with Crippen LogP contribution in [0.25, 0.3) is 0 Å². The van der Waals surface area contributed by atoms with Gasteiger partial charge in [-0.1, -0.05) is 0 Å². The summed E-state index contributed by atoms with van der Waals surface area (Å²) < 4.78 is 10.8. The topological polar surface area (TPSA) is 68.1 Å². The van der Waals surface area contributed by atoms with Crippen LogP contribution in [0, 0.1) is 17.0 Å². The average Bonchev–Trinajstić information content (AvgIpc) is 2.62. The van der Waals surface area contributed by atoms with Gasteiger partial charge in [-0.05, 0) is 25.8 Å². The lowest BCUT2D eigenvalue weighted by molar-refractivity contribution is -0.385. The molecule has 7 nitrogen and oxygen atoms in total. The van der Waals surface area contributed by atoms with Gasteiger partial charge in [0.15, 0.2) is 0 Å². The van der Waals surface area contributed by atoms with E-state index in [1.165, 1.54) is 0 Å². The van der Waals surface area contributed by atoms with E-state index in [4.69, 9.17) is 9.47 Å². The van der Waals surface area contributed by atoms with Gasteiger partial charge in [0.05, 0.1) is 37.0 Å². The maximum atomic E-state index is 11.1. The molecule has 0 saturated carbocycles. The fraction of sp³-hybridized carbons (Fsp3) is 0.647.